The van der Waals surface area contributed by atoms with Crippen LogP contribution in [0.4, 0.5) is 0 Å². The molecule has 2 atom stereocenters. The summed E-state index contributed by atoms with van der Waals surface area (Å²) in [5.74, 6) is 1.03. The number of nitrogens with two attached hydrogens (primary N) is 1. The van der Waals surface area contributed by atoms with Crippen molar-refractivity contribution in [3.8, 4) is 11.9 Å². The van der Waals surface area contributed by atoms with Crippen molar-refractivity contribution in [3.05, 3.63) is 22.7 Å². The van der Waals surface area contributed by atoms with E-state index in [-0.39, 0.29) is 17.2 Å². The van der Waals surface area contributed by atoms with Crippen LogP contribution in [0.15, 0.2) is 11.5 Å². The van der Waals surface area contributed by atoms with E-state index >= 15 is 0 Å². The third-order valence-corrected chi connectivity index (χ3v) is 5.08. The summed E-state index contributed by atoms with van der Waals surface area (Å²) in [5, 5.41) is 17.2. The van der Waals surface area contributed by atoms with E-state index < -0.39 is 0 Å². The first-order chi connectivity index (χ1) is 10.5. The normalized spacial score (nSPS) is 28.4. The molecule has 0 amide bonds. The summed E-state index contributed by atoms with van der Waals surface area (Å²) in [6, 6.07) is 2.33. The van der Waals surface area contributed by atoms with Crippen molar-refractivity contribution >= 4 is 0 Å². The summed E-state index contributed by atoms with van der Waals surface area (Å²) in [6.45, 7) is 6.18. The van der Waals surface area contributed by atoms with Crippen LogP contribution in [-0.2, 0) is 11.8 Å². The molecule has 1 aromatic heterocycles. The van der Waals surface area contributed by atoms with Crippen LogP contribution in [0.2, 0.25) is 0 Å². The highest BCUT2D eigenvalue weighted by molar-refractivity contribution is 5.55. The molecular formula is C16H23N5O. The molecule has 0 saturated carbocycles. The molecule has 22 heavy (non-hydrogen) atoms. The lowest BCUT2D eigenvalue weighted by atomic mass is 9.61. The fraction of sp³-hybridized carbons (Fsp3) is 0.625. The molecule has 0 radical (unpaired) electrons. The van der Waals surface area contributed by atoms with Crippen LogP contribution in [0.5, 0.6) is 5.88 Å². The van der Waals surface area contributed by atoms with Crippen LogP contribution in [0.25, 0.3) is 0 Å². The van der Waals surface area contributed by atoms with Gasteiger partial charge in [0.1, 0.15) is 11.6 Å². The minimum atomic E-state index is -0.379. The fourth-order valence-corrected chi connectivity index (χ4v) is 4.05. The number of aryl methyl sites for hydroxylation is 1. The van der Waals surface area contributed by atoms with E-state index in [4.69, 9.17) is 10.5 Å². The number of aromatic amines is 1. The van der Waals surface area contributed by atoms with Gasteiger partial charge in [-0.3, -0.25) is 5.10 Å². The lowest BCUT2D eigenvalue weighted by Gasteiger charge is -2.47. The lowest BCUT2D eigenvalue weighted by molar-refractivity contribution is 0.135. The molecule has 2 unspecified atom stereocenters. The molecule has 1 spiro atoms. The van der Waals surface area contributed by atoms with Gasteiger partial charge in [0, 0.05) is 23.2 Å². The summed E-state index contributed by atoms with van der Waals surface area (Å²) in [4.78, 5) is 2.30. The number of piperidine rings is 1. The number of likely N-dealkylation sites (tertiary alicyclic amines) is 1. The average molecular weight is 301 g/mol. The summed E-state index contributed by atoms with van der Waals surface area (Å²) in [5.41, 5.74) is 8.38. The van der Waals surface area contributed by atoms with Gasteiger partial charge in [0.25, 0.3) is 0 Å². The summed E-state index contributed by atoms with van der Waals surface area (Å²) >= 11 is 0. The topological polar surface area (TPSA) is 91.0 Å². The van der Waals surface area contributed by atoms with E-state index in [0.29, 0.717) is 11.5 Å². The molecule has 3 rings (SSSR count). The van der Waals surface area contributed by atoms with E-state index in [1.54, 1.807) is 0 Å². The van der Waals surface area contributed by atoms with Crippen molar-refractivity contribution < 1.29 is 4.74 Å². The van der Waals surface area contributed by atoms with Crippen molar-refractivity contribution in [2.45, 2.75) is 38.5 Å². The number of hydrogen-bond donors (Lipinski definition) is 2. The monoisotopic (exact) mass is 301 g/mol. The highest BCUT2D eigenvalue weighted by Crippen LogP contribution is 2.52. The number of ether oxygens (including phenoxy) is 1. The number of nitriles is 1. The van der Waals surface area contributed by atoms with Crippen molar-refractivity contribution in [2.24, 2.45) is 11.7 Å². The Morgan fingerprint density at radius 1 is 1.59 bits per heavy atom. The number of nitrogens with zero attached hydrogens (tertiary/aromatic N) is 3. The molecule has 1 fully saturated rings. The molecule has 3 heterocycles. The maximum atomic E-state index is 9.73. The molecule has 118 valence electrons. The molecule has 2 aliphatic rings. The Kier molecular flexibility index (Phi) is 3.61. The Labute approximate surface area is 130 Å². The standard InChI is InChI=1S/C16H23N5O/c1-4-5-12-13-15(20-19-12)22-14(18)11(8-17)16(13)6-7-21(3)9-10(16)2/h10H,4-7,9,18H2,1-3H3,(H,19,20). The number of rotatable bonds is 2. The van der Waals surface area contributed by atoms with Gasteiger partial charge in [0.05, 0.1) is 0 Å². The summed E-state index contributed by atoms with van der Waals surface area (Å²) < 4.78 is 5.64. The van der Waals surface area contributed by atoms with Gasteiger partial charge in [0.15, 0.2) is 0 Å². The van der Waals surface area contributed by atoms with E-state index in [0.717, 1.165) is 43.6 Å². The van der Waals surface area contributed by atoms with Crippen LogP contribution in [0, 0.1) is 17.2 Å². The number of hydrogen-bond acceptors (Lipinski definition) is 5. The molecule has 0 aliphatic carbocycles. The summed E-state index contributed by atoms with van der Waals surface area (Å²) in [6.07, 6.45) is 2.77. The van der Waals surface area contributed by atoms with Crippen LogP contribution >= 0.6 is 0 Å². The Balaban J connectivity index is 2.21. The third-order valence-electron chi connectivity index (χ3n) is 5.08. The fourth-order valence-electron chi connectivity index (χ4n) is 4.05. The van der Waals surface area contributed by atoms with Gasteiger partial charge in [-0.1, -0.05) is 20.3 Å². The van der Waals surface area contributed by atoms with Gasteiger partial charge in [-0.2, -0.15) is 5.26 Å². The first-order valence-electron chi connectivity index (χ1n) is 7.89. The van der Waals surface area contributed by atoms with Crippen LogP contribution in [0.1, 0.15) is 37.9 Å². The first kappa shape index (κ1) is 14.9. The third kappa shape index (κ3) is 1.92. The number of H-pyrrole nitrogens is 1. The summed E-state index contributed by atoms with van der Waals surface area (Å²) in [7, 11) is 2.12. The number of nitrogens with one attached hydrogen (secondary N) is 1. The van der Waals surface area contributed by atoms with E-state index in [1.165, 1.54) is 0 Å². The Hall–Kier alpha value is -2.00. The van der Waals surface area contributed by atoms with E-state index in [1.807, 2.05) is 0 Å². The second-order valence-electron chi connectivity index (χ2n) is 6.47. The van der Waals surface area contributed by atoms with Gasteiger partial charge in [0.2, 0.25) is 11.8 Å². The molecule has 6 nitrogen and oxygen atoms in total. The van der Waals surface area contributed by atoms with Crippen LogP contribution in [0.3, 0.4) is 0 Å². The minimum Gasteiger partial charge on any atom is -0.420 e. The second-order valence-corrected chi connectivity index (χ2v) is 6.47. The van der Waals surface area contributed by atoms with E-state index in [2.05, 4.69) is 42.1 Å². The molecule has 0 bridgehead atoms. The largest absolute Gasteiger partial charge is 0.420 e. The minimum absolute atomic E-state index is 0.209. The van der Waals surface area contributed by atoms with Crippen LogP contribution < -0.4 is 10.5 Å². The Morgan fingerprint density at radius 3 is 3.00 bits per heavy atom. The molecule has 1 aromatic rings. The predicted octanol–water partition coefficient (Wildman–Crippen LogP) is 1.66. The average Bonchev–Trinajstić information content (AvgIpc) is 2.86. The smallest absolute Gasteiger partial charge is 0.244 e. The van der Waals surface area contributed by atoms with Gasteiger partial charge in [-0.15, -0.1) is 5.10 Å². The lowest BCUT2D eigenvalue weighted by Crippen LogP contribution is -2.51. The maximum Gasteiger partial charge on any atom is 0.244 e. The zero-order chi connectivity index (χ0) is 15.9. The zero-order valence-corrected chi connectivity index (χ0v) is 13.4. The zero-order valence-electron chi connectivity index (χ0n) is 13.4. The van der Waals surface area contributed by atoms with Gasteiger partial charge < -0.3 is 15.4 Å². The second kappa shape index (κ2) is 5.33. The quantitative estimate of drug-likeness (QED) is 0.867. The van der Waals surface area contributed by atoms with Gasteiger partial charge >= 0.3 is 0 Å². The molecule has 0 aromatic carbocycles. The van der Waals surface area contributed by atoms with Crippen LogP contribution in [-0.4, -0.2) is 35.2 Å². The highest BCUT2D eigenvalue weighted by atomic mass is 16.5. The predicted molar refractivity (Wildman–Crippen MR) is 83.0 cm³/mol. The number of fused-ring (bicyclic) bond motifs is 2. The first-order valence-corrected chi connectivity index (χ1v) is 7.89. The van der Waals surface area contributed by atoms with Crippen molar-refractivity contribution in [1.82, 2.24) is 15.1 Å². The van der Waals surface area contributed by atoms with Crippen molar-refractivity contribution in [3.63, 3.8) is 0 Å². The number of aromatic nitrogens is 2. The maximum absolute atomic E-state index is 9.73. The van der Waals surface area contributed by atoms with Gasteiger partial charge in [-0.05, 0) is 32.4 Å². The Bertz CT molecular complexity index is 656. The molecule has 6 heteroatoms. The van der Waals surface area contributed by atoms with Crippen molar-refractivity contribution in [2.75, 3.05) is 20.1 Å². The molecular weight excluding hydrogens is 278 g/mol. The van der Waals surface area contributed by atoms with Crippen molar-refractivity contribution in [1.29, 1.82) is 5.26 Å². The van der Waals surface area contributed by atoms with Gasteiger partial charge in [-0.25, -0.2) is 0 Å². The number of allylic oxidation sites excluding steroid dienone is 1. The molecule has 1 saturated heterocycles. The van der Waals surface area contributed by atoms with E-state index in [9.17, 15) is 5.26 Å². The SMILES string of the molecule is CCCc1[nH]nc2c1C1(CCN(C)CC1C)C(C#N)=C(N)O2. The Morgan fingerprint density at radius 2 is 2.36 bits per heavy atom. The molecule has 2 aliphatic heterocycles. The highest BCUT2D eigenvalue weighted by Gasteiger charge is 2.52. The molecule has 3 N–H and O–H groups in total.